The fraction of sp³-hybridized carbons (Fsp3) is 0.500. The predicted octanol–water partition coefficient (Wildman–Crippen LogP) is 4.64. The minimum absolute atomic E-state index is 0.0257. The van der Waals surface area contributed by atoms with Crippen molar-refractivity contribution >= 4 is 17.9 Å². The van der Waals surface area contributed by atoms with Gasteiger partial charge in [0.25, 0.3) is 0 Å². The van der Waals surface area contributed by atoms with Crippen LogP contribution in [0.3, 0.4) is 0 Å². The monoisotopic (exact) mass is 523 g/mol. The highest BCUT2D eigenvalue weighted by Crippen LogP contribution is 2.43. The Hall–Kier alpha value is -3.55. The third kappa shape index (κ3) is 7.49. The molecule has 3 rings (SSSR count). The van der Waals surface area contributed by atoms with Crippen LogP contribution >= 0.6 is 0 Å². The molecule has 0 spiro atoms. The summed E-state index contributed by atoms with van der Waals surface area (Å²) in [4.78, 5) is 42.4. The van der Waals surface area contributed by atoms with E-state index >= 15 is 0 Å². The number of nitrogens with zero attached hydrogens (tertiary/aromatic N) is 1. The van der Waals surface area contributed by atoms with Crippen molar-refractivity contribution in [2.24, 2.45) is 5.92 Å². The van der Waals surface area contributed by atoms with E-state index in [0.29, 0.717) is 17.5 Å². The number of para-hydroxylation sites is 1. The number of benzene rings is 2. The molecule has 3 amide bonds. The van der Waals surface area contributed by atoms with Crippen LogP contribution in [0.5, 0.6) is 5.75 Å². The van der Waals surface area contributed by atoms with E-state index in [-0.39, 0.29) is 36.1 Å². The molecule has 0 aliphatic heterocycles. The van der Waals surface area contributed by atoms with Gasteiger partial charge in [-0.3, -0.25) is 9.59 Å². The number of rotatable bonds is 9. The Bertz CT molecular complexity index is 1140. The van der Waals surface area contributed by atoms with Gasteiger partial charge >= 0.3 is 6.09 Å². The molecule has 1 saturated carbocycles. The third-order valence-electron chi connectivity index (χ3n) is 6.47. The van der Waals surface area contributed by atoms with E-state index in [1.54, 1.807) is 50.8 Å². The molecule has 38 heavy (non-hydrogen) atoms. The number of aryl methyl sites for hydroxylation is 1. The molecule has 2 aromatic rings. The number of phenols is 1. The van der Waals surface area contributed by atoms with Crippen molar-refractivity contribution < 1.29 is 24.2 Å². The molecule has 1 fully saturated rings. The van der Waals surface area contributed by atoms with Gasteiger partial charge in [-0.1, -0.05) is 55.5 Å². The Morgan fingerprint density at radius 3 is 2.24 bits per heavy atom. The standard InChI is InChI=1S/C30H41N3O5/c1-18(2)31-27(35)25(22-15-11-12-19(3)26(22)34)33(24-16-20(24)4)28(36)23(17-21-13-9-8-10-14-21)32-29(37)38-30(5,6)7/h8-15,18,20,23-25,34H,16-17H2,1-7H3,(H,31,35)(H,32,37). The van der Waals surface area contributed by atoms with Gasteiger partial charge in [-0.25, -0.2) is 4.79 Å². The second-order valence-corrected chi connectivity index (χ2v) is 11.5. The van der Waals surface area contributed by atoms with Gasteiger partial charge in [0.05, 0.1) is 0 Å². The highest BCUT2D eigenvalue weighted by atomic mass is 16.6. The number of nitrogens with one attached hydrogen (secondary N) is 2. The van der Waals surface area contributed by atoms with Gasteiger partial charge in [0, 0.05) is 24.1 Å². The number of alkyl carbamates (subject to hydrolysis) is 1. The van der Waals surface area contributed by atoms with Gasteiger partial charge in [-0.2, -0.15) is 0 Å². The highest BCUT2D eigenvalue weighted by Gasteiger charge is 2.49. The van der Waals surface area contributed by atoms with E-state index in [9.17, 15) is 19.5 Å². The number of hydrogen-bond acceptors (Lipinski definition) is 5. The summed E-state index contributed by atoms with van der Waals surface area (Å²) in [5.74, 6) is -0.649. The van der Waals surface area contributed by atoms with Crippen LogP contribution in [0, 0.1) is 12.8 Å². The molecule has 0 bridgehead atoms. The van der Waals surface area contributed by atoms with Crippen molar-refractivity contribution in [2.45, 2.75) is 91.1 Å². The molecule has 3 N–H and O–H groups in total. The number of hydrogen-bond donors (Lipinski definition) is 3. The summed E-state index contributed by atoms with van der Waals surface area (Å²) in [5, 5.41) is 16.7. The lowest BCUT2D eigenvalue weighted by molar-refractivity contribution is -0.143. The van der Waals surface area contributed by atoms with Gasteiger partial charge in [-0.15, -0.1) is 0 Å². The summed E-state index contributed by atoms with van der Waals surface area (Å²) >= 11 is 0. The van der Waals surface area contributed by atoms with Crippen LogP contribution in [0.1, 0.15) is 70.7 Å². The van der Waals surface area contributed by atoms with Gasteiger partial charge < -0.3 is 25.4 Å². The molecular formula is C30H41N3O5. The van der Waals surface area contributed by atoms with Crippen molar-refractivity contribution in [3.63, 3.8) is 0 Å². The largest absolute Gasteiger partial charge is 0.507 e. The first-order chi connectivity index (χ1) is 17.8. The molecule has 0 radical (unpaired) electrons. The Morgan fingerprint density at radius 1 is 1.05 bits per heavy atom. The fourth-order valence-electron chi connectivity index (χ4n) is 4.54. The zero-order valence-corrected chi connectivity index (χ0v) is 23.4. The molecule has 4 unspecified atom stereocenters. The predicted molar refractivity (Wildman–Crippen MR) is 147 cm³/mol. The van der Waals surface area contributed by atoms with E-state index < -0.39 is 29.7 Å². The zero-order chi connectivity index (χ0) is 28.2. The Morgan fingerprint density at radius 2 is 1.68 bits per heavy atom. The van der Waals surface area contributed by atoms with Crippen LogP contribution < -0.4 is 10.6 Å². The van der Waals surface area contributed by atoms with Gasteiger partial charge in [0.1, 0.15) is 23.4 Å². The highest BCUT2D eigenvalue weighted by molar-refractivity contribution is 5.93. The van der Waals surface area contributed by atoms with Crippen LogP contribution in [0.4, 0.5) is 4.79 Å². The first-order valence-corrected chi connectivity index (χ1v) is 13.2. The van der Waals surface area contributed by atoms with E-state index in [2.05, 4.69) is 10.6 Å². The molecule has 2 aromatic carbocycles. The number of ether oxygens (including phenoxy) is 1. The second kappa shape index (κ2) is 11.9. The zero-order valence-electron chi connectivity index (χ0n) is 23.4. The smallest absolute Gasteiger partial charge is 0.408 e. The quantitative estimate of drug-likeness (QED) is 0.444. The summed E-state index contributed by atoms with van der Waals surface area (Å²) < 4.78 is 5.47. The van der Waals surface area contributed by atoms with E-state index in [4.69, 9.17) is 4.74 Å². The van der Waals surface area contributed by atoms with E-state index in [0.717, 1.165) is 5.56 Å². The summed E-state index contributed by atoms with van der Waals surface area (Å²) in [6.07, 6.45) is 0.223. The molecule has 1 aliphatic rings. The Kier molecular flexibility index (Phi) is 9.07. The molecule has 0 saturated heterocycles. The van der Waals surface area contributed by atoms with Crippen molar-refractivity contribution in [2.75, 3.05) is 0 Å². The van der Waals surface area contributed by atoms with E-state index in [1.807, 2.05) is 51.1 Å². The lowest BCUT2D eigenvalue weighted by atomic mass is 9.97. The number of amides is 3. The fourth-order valence-corrected chi connectivity index (χ4v) is 4.54. The molecule has 8 heteroatoms. The van der Waals surface area contributed by atoms with Crippen molar-refractivity contribution in [1.29, 1.82) is 0 Å². The average molecular weight is 524 g/mol. The van der Waals surface area contributed by atoms with Crippen LogP contribution in [-0.2, 0) is 20.7 Å². The molecule has 206 valence electrons. The second-order valence-electron chi connectivity index (χ2n) is 11.5. The minimum Gasteiger partial charge on any atom is -0.507 e. The molecule has 0 aromatic heterocycles. The SMILES string of the molecule is Cc1cccc(C(C(=O)NC(C)C)N(C(=O)C(Cc2ccccc2)NC(=O)OC(C)(C)C)C2CC2C)c1O. The van der Waals surface area contributed by atoms with Crippen LogP contribution in [-0.4, -0.2) is 51.6 Å². The van der Waals surface area contributed by atoms with Crippen LogP contribution in [0.2, 0.25) is 0 Å². The molecular weight excluding hydrogens is 482 g/mol. The number of aromatic hydroxyl groups is 1. The summed E-state index contributed by atoms with van der Waals surface area (Å²) in [7, 11) is 0. The van der Waals surface area contributed by atoms with Crippen molar-refractivity contribution in [1.82, 2.24) is 15.5 Å². The molecule has 0 heterocycles. The minimum atomic E-state index is -1.07. The number of carbonyl (C=O) groups excluding carboxylic acids is 3. The average Bonchev–Trinajstić information content (AvgIpc) is 3.53. The Balaban J connectivity index is 2.07. The molecule has 4 atom stereocenters. The van der Waals surface area contributed by atoms with Gasteiger partial charge in [-0.05, 0) is 65.0 Å². The summed E-state index contributed by atoms with van der Waals surface area (Å²) in [5.41, 5.74) is 1.06. The normalized spacial score (nSPS) is 18.3. The maximum absolute atomic E-state index is 14.4. The maximum atomic E-state index is 14.4. The summed E-state index contributed by atoms with van der Waals surface area (Å²) in [6, 6.07) is 12.1. The van der Waals surface area contributed by atoms with Crippen LogP contribution in [0.25, 0.3) is 0 Å². The molecule has 8 nitrogen and oxygen atoms in total. The van der Waals surface area contributed by atoms with Crippen molar-refractivity contribution in [3.05, 3.63) is 65.2 Å². The van der Waals surface area contributed by atoms with Gasteiger partial charge in [0.15, 0.2) is 0 Å². The lowest BCUT2D eigenvalue weighted by Crippen LogP contribution is -2.55. The first-order valence-electron chi connectivity index (χ1n) is 13.2. The third-order valence-corrected chi connectivity index (χ3v) is 6.47. The number of phenolic OH excluding ortho intramolecular Hbond substituents is 1. The summed E-state index contributed by atoms with van der Waals surface area (Å²) in [6.45, 7) is 12.7. The topological polar surface area (TPSA) is 108 Å². The van der Waals surface area contributed by atoms with E-state index in [1.165, 1.54) is 0 Å². The van der Waals surface area contributed by atoms with Crippen molar-refractivity contribution in [3.8, 4) is 5.75 Å². The van der Waals surface area contributed by atoms with Crippen LogP contribution in [0.15, 0.2) is 48.5 Å². The first kappa shape index (κ1) is 29.0. The lowest BCUT2D eigenvalue weighted by Gasteiger charge is -2.35. The van der Waals surface area contributed by atoms with Gasteiger partial charge in [0.2, 0.25) is 11.8 Å². The number of carbonyl (C=O) groups is 3. The maximum Gasteiger partial charge on any atom is 0.408 e. The molecule has 1 aliphatic carbocycles. The Labute approximate surface area is 225 Å².